The third-order valence-electron chi connectivity index (χ3n) is 4.89. The van der Waals surface area contributed by atoms with E-state index in [1.54, 1.807) is 24.5 Å². The molecule has 0 aliphatic carbocycles. The highest BCUT2D eigenvalue weighted by atomic mass is 19.1. The standard InChI is InChI=1S/C21H25FN4O3/c1-2-9-23-20(27)21(28)24-15-18(19-4-3-14-29-19)26-12-10-25(11-13-26)17-7-5-16(22)6-8-17/h2-8,14,18H,1,9-13,15H2,(H,23,27)(H,24,28). The fourth-order valence-corrected chi connectivity index (χ4v) is 3.35. The summed E-state index contributed by atoms with van der Waals surface area (Å²) < 4.78 is 18.7. The molecular weight excluding hydrogens is 375 g/mol. The number of carbonyl (C=O) groups is 2. The average molecular weight is 400 g/mol. The van der Waals surface area contributed by atoms with Gasteiger partial charge < -0.3 is 20.0 Å². The lowest BCUT2D eigenvalue weighted by Crippen LogP contribution is -2.50. The molecule has 1 saturated heterocycles. The van der Waals surface area contributed by atoms with Crippen LogP contribution in [0.25, 0.3) is 0 Å². The average Bonchev–Trinajstić information content (AvgIpc) is 3.27. The molecule has 8 heteroatoms. The number of carbonyl (C=O) groups excluding carboxylic acids is 2. The van der Waals surface area contributed by atoms with E-state index in [-0.39, 0.29) is 24.9 Å². The largest absolute Gasteiger partial charge is 0.468 e. The van der Waals surface area contributed by atoms with Crippen LogP contribution in [0.4, 0.5) is 10.1 Å². The SMILES string of the molecule is C=CCNC(=O)C(=O)NCC(c1ccco1)N1CCN(c2ccc(F)cc2)CC1. The summed E-state index contributed by atoms with van der Waals surface area (Å²) >= 11 is 0. The molecule has 3 rings (SSSR count). The van der Waals surface area contributed by atoms with E-state index in [4.69, 9.17) is 4.42 Å². The second kappa shape index (κ2) is 9.88. The predicted octanol–water partition coefficient (Wildman–Crippen LogP) is 1.70. The van der Waals surface area contributed by atoms with Crippen LogP contribution in [-0.2, 0) is 9.59 Å². The highest BCUT2D eigenvalue weighted by Crippen LogP contribution is 2.24. The summed E-state index contributed by atoms with van der Waals surface area (Å²) in [5.74, 6) is -0.900. The second-order valence-corrected chi connectivity index (χ2v) is 6.74. The van der Waals surface area contributed by atoms with Crippen LogP contribution in [0.3, 0.4) is 0 Å². The summed E-state index contributed by atoms with van der Waals surface area (Å²) in [6.45, 7) is 6.99. The van der Waals surface area contributed by atoms with Crippen molar-refractivity contribution in [3.63, 3.8) is 0 Å². The molecular formula is C21H25FN4O3. The number of anilines is 1. The summed E-state index contributed by atoms with van der Waals surface area (Å²) in [7, 11) is 0. The molecule has 0 spiro atoms. The fraction of sp³-hybridized carbons (Fsp3) is 0.333. The molecule has 1 unspecified atom stereocenters. The summed E-state index contributed by atoms with van der Waals surface area (Å²) in [5, 5.41) is 5.14. The number of nitrogens with zero attached hydrogens (tertiary/aromatic N) is 2. The third-order valence-corrected chi connectivity index (χ3v) is 4.89. The summed E-state index contributed by atoms with van der Waals surface area (Å²) in [6.07, 6.45) is 3.10. The molecule has 29 heavy (non-hydrogen) atoms. The maximum absolute atomic E-state index is 13.1. The number of furan rings is 1. The van der Waals surface area contributed by atoms with Gasteiger partial charge in [0.15, 0.2) is 0 Å². The Balaban J connectivity index is 1.60. The van der Waals surface area contributed by atoms with Crippen molar-refractivity contribution in [2.24, 2.45) is 0 Å². The number of nitrogens with one attached hydrogen (secondary N) is 2. The van der Waals surface area contributed by atoms with Crippen LogP contribution in [0.5, 0.6) is 0 Å². The Bertz CT molecular complexity index is 815. The van der Waals surface area contributed by atoms with E-state index in [2.05, 4.69) is 27.0 Å². The summed E-state index contributed by atoms with van der Waals surface area (Å²) in [4.78, 5) is 28.2. The Kier molecular flexibility index (Phi) is 7.02. The van der Waals surface area contributed by atoms with Crippen LogP contribution < -0.4 is 15.5 Å². The van der Waals surface area contributed by atoms with Crippen molar-refractivity contribution >= 4 is 17.5 Å². The first-order valence-electron chi connectivity index (χ1n) is 9.53. The molecule has 2 aromatic rings. The van der Waals surface area contributed by atoms with Crippen molar-refractivity contribution in [2.75, 3.05) is 44.2 Å². The zero-order valence-electron chi connectivity index (χ0n) is 16.1. The van der Waals surface area contributed by atoms with Gasteiger partial charge in [-0.3, -0.25) is 14.5 Å². The monoisotopic (exact) mass is 400 g/mol. The Morgan fingerprint density at radius 2 is 1.79 bits per heavy atom. The molecule has 0 saturated carbocycles. The van der Waals surface area contributed by atoms with Gasteiger partial charge in [0, 0.05) is 45.0 Å². The molecule has 2 N–H and O–H groups in total. The van der Waals surface area contributed by atoms with Gasteiger partial charge >= 0.3 is 11.8 Å². The molecule has 2 heterocycles. The third kappa shape index (κ3) is 5.45. The number of amides is 2. The van der Waals surface area contributed by atoms with E-state index in [1.807, 2.05) is 6.07 Å². The number of benzene rings is 1. The molecule has 154 valence electrons. The Hall–Kier alpha value is -3.13. The zero-order chi connectivity index (χ0) is 20.6. The van der Waals surface area contributed by atoms with Crippen molar-refractivity contribution in [1.29, 1.82) is 0 Å². The van der Waals surface area contributed by atoms with Crippen molar-refractivity contribution in [2.45, 2.75) is 6.04 Å². The maximum atomic E-state index is 13.1. The Labute approximate surface area is 169 Å². The van der Waals surface area contributed by atoms with Crippen LogP contribution >= 0.6 is 0 Å². The van der Waals surface area contributed by atoms with Gasteiger partial charge in [-0.15, -0.1) is 6.58 Å². The first-order chi connectivity index (χ1) is 14.1. The highest BCUT2D eigenvalue weighted by molar-refractivity contribution is 6.35. The van der Waals surface area contributed by atoms with Crippen molar-refractivity contribution < 1.29 is 18.4 Å². The number of rotatable bonds is 7. The summed E-state index contributed by atoms with van der Waals surface area (Å²) in [6, 6.07) is 9.95. The van der Waals surface area contributed by atoms with E-state index in [0.717, 1.165) is 37.6 Å². The van der Waals surface area contributed by atoms with E-state index >= 15 is 0 Å². The lowest BCUT2D eigenvalue weighted by atomic mass is 10.1. The minimum absolute atomic E-state index is 0.184. The molecule has 0 bridgehead atoms. The van der Waals surface area contributed by atoms with Gasteiger partial charge in [0.25, 0.3) is 0 Å². The van der Waals surface area contributed by atoms with Crippen molar-refractivity contribution in [1.82, 2.24) is 15.5 Å². The fourth-order valence-electron chi connectivity index (χ4n) is 3.35. The molecule has 1 aliphatic rings. The first-order valence-corrected chi connectivity index (χ1v) is 9.53. The molecule has 0 radical (unpaired) electrons. The van der Waals surface area contributed by atoms with E-state index in [9.17, 15) is 14.0 Å². The van der Waals surface area contributed by atoms with Gasteiger partial charge in [-0.25, -0.2) is 4.39 Å². The van der Waals surface area contributed by atoms with Crippen LogP contribution in [0.1, 0.15) is 11.8 Å². The molecule has 1 aromatic heterocycles. The van der Waals surface area contributed by atoms with E-state index < -0.39 is 11.8 Å². The summed E-state index contributed by atoms with van der Waals surface area (Å²) in [5.41, 5.74) is 0.979. The smallest absolute Gasteiger partial charge is 0.309 e. The van der Waals surface area contributed by atoms with Crippen molar-refractivity contribution in [3.8, 4) is 0 Å². The number of piperazine rings is 1. The highest BCUT2D eigenvalue weighted by Gasteiger charge is 2.28. The zero-order valence-corrected chi connectivity index (χ0v) is 16.1. The molecule has 7 nitrogen and oxygen atoms in total. The predicted molar refractivity (Wildman–Crippen MR) is 108 cm³/mol. The second-order valence-electron chi connectivity index (χ2n) is 6.74. The van der Waals surface area contributed by atoms with Crippen LogP contribution in [-0.4, -0.2) is 56.0 Å². The molecule has 2 amide bonds. The normalized spacial score (nSPS) is 15.6. The van der Waals surface area contributed by atoms with Gasteiger partial charge in [0.05, 0.1) is 12.3 Å². The lowest BCUT2D eigenvalue weighted by molar-refractivity contribution is -0.139. The van der Waals surface area contributed by atoms with Crippen LogP contribution in [0.2, 0.25) is 0 Å². The Morgan fingerprint density at radius 3 is 2.41 bits per heavy atom. The number of halogens is 1. The maximum Gasteiger partial charge on any atom is 0.309 e. The minimum Gasteiger partial charge on any atom is -0.468 e. The molecule has 1 aliphatic heterocycles. The van der Waals surface area contributed by atoms with Crippen LogP contribution in [0.15, 0.2) is 59.7 Å². The minimum atomic E-state index is -0.691. The van der Waals surface area contributed by atoms with Crippen LogP contribution in [0, 0.1) is 5.82 Å². The van der Waals surface area contributed by atoms with E-state index in [0.29, 0.717) is 0 Å². The van der Waals surface area contributed by atoms with E-state index in [1.165, 1.54) is 18.2 Å². The number of hydrogen-bond donors (Lipinski definition) is 2. The van der Waals surface area contributed by atoms with Gasteiger partial charge in [0.2, 0.25) is 0 Å². The lowest BCUT2D eigenvalue weighted by Gasteiger charge is -2.39. The topological polar surface area (TPSA) is 77.8 Å². The van der Waals surface area contributed by atoms with Gasteiger partial charge in [-0.2, -0.15) is 0 Å². The van der Waals surface area contributed by atoms with Gasteiger partial charge in [-0.05, 0) is 36.4 Å². The van der Waals surface area contributed by atoms with Gasteiger partial charge in [0.1, 0.15) is 11.6 Å². The molecule has 1 fully saturated rings. The number of hydrogen-bond acceptors (Lipinski definition) is 5. The first kappa shape index (κ1) is 20.6. The van der Waals surface area contributed by atoms with Gasteiger partial charge in [-0.1, -0.05) is 6.08 Å². The molecule has 1 aromatic carbocycles. The Morgan fingerprint density at radius 1 is 1.10 bits per heavy atom. The quantitative estimate of drug-likeness (QED) is 0.547. The molecule has 1 atom stereocenters. The van der Waals surface area contributed by atoms with Crippen molar-refractivity contribution in [3.05, 3.63) is 66.9 Å².